The number of para-hydroxylation sites is 1. The summed E-state index contributed by atoms with van der Waals surface area (Å²) in [7, 11) is -2.96. The number of carbonyl (C=O) groups excluding carboxylic acids is 1. The fraction of sp³-hybridized carbons (Fsp3) is 0.562. The quantitative estimate of drug-likeness (QED) is 0.755. The van der Waals surface area contributed by atoms with Gasteiger partial charge in [-0.1, -0.05) is 25.1 Å². The molecule has 124 valence electrons. The molecular formula is C16H26N2O3S. The minimum atomic E-state index is -2.96. The summed E-state index contributed by atoms with van der Waals surface area (Å²) >= 11 is 0. The molecule has 1 aromatic rings. The second-order valence-corrected chi connectivity index (χ2v) is 7.81. The molecule has 1 amide bonds. The van der Waals surface area contributed by atoms with Crippen molar-refractivity contribution < 1.29 is 13.2 Å². The van der Waals surface area contributed by atoms with E-state index in [1.54, 1.807) is 0 Å². The van der Waals surface area contributed by atoms with Gasteiger partial charge in [-0.05, 0) is 45.0 Å². The van der Waals surface area contributed by atoms with Crippen molar-refractivity contribution in [3.63, 3.8) is 0 Å². The maximum atomic E-state index is 12.3. The Morgan fingerprint density at radius 3 is 2.41 bits per heavy atom. The van der Waals surface area contributed by atoms with Gasteiger partial charge in [-0.15, -0.1) is 0 Å². The van der Waals surface area contributed by atoms with Crippen LogP contribution in [-0.2, 0) is 14.6 Å². The third-order valence-electron chi connectivity index (χ3n) is 3.44. The van der Waals surface area contributed by atoms with Crippen molar-refractivity contribution in [3.05, 3.63) is 30.3 Å². The van der Waals surface area contributed by atoms with Crippen LogP contribution in [0.2, 0.25) is 0 Å². The van der Waals surface area contributed by atoms with Crippen molar-refractivity contribution in [2.45, 2.75) is 32.7 Å². The number of benzene rings is 1. The summed E-state index contributed by atoms with van der Waals surface area (Å²) in [6.07, 6.45) is 2.70. The third kappa shape index (κ3) is 7.04. The van der Waals surface area contributed by atoms with Crippen LogP contribution < -0.4 is 5.32 Å². The minimum absolute atomic E-state index is 0.0704. The molecule has 1 aromatic carbocycles. The predicted octanol–water partition coefficient (Wildman–Crippen LogP) is 2.16. The van der Waals surface area contributed by atoms with Crippen LogP contribution in [0.4, 0.5) is 5.69 Å². The van der Waals surface area contributed by atoms with E-state index in [-0.39, 0.29) is 17.7 Å². The molecule has 0 spiro atoms. The number of sulfone groups is 1. The lowest BCUT2D eigenvalue weighted by molar-refractivity contribution is -0.120. The smallest absolute Gasteiger partial charge is 0.241 e. The Labute approximate surface area is 133 Å². The zero-order valence-corrected chi connectivity index (χ0v) is 14.4. The molecule has 0 radical (unpaired) electrons. The highest BCUT2D eigenvalue weighted by Crippen LogP contribution is 2.09. The van der Waals surface area contributed by atoms with Crippen LogP contribution in [0.1, 0.15) is 26.7 Å². The molecule has 1 atom stereocenters. The van der Waals surface area contributed by atoms with Crippen LogP contribution >= 0.6 is 0 Å². The second-order valence-electron chi connectivity index (χ2n) is 5.55. The number of hydrogen-bond acceptors (Lipinski definition) is 4. The van der Waals surface area contributed by atoms with Gasteiger partial charge in [0.1, 0.15) is 9.84 Å². The maximum Gasteiger partial charge on any atom is 0.241 e. The number of carbonyl (C=O) groups is 1. The Bertz CT molecular complexity index is 558. The van der Waals surface area contributed by atoms with Crippen molar-refractivity contribution in [3.8, 4) is 0 Å². The van der Waals surface area contributed by atoms with E-state index in [1.807, 2.05) is 49.1 Å². The van der Waals surface area contributed by atoms with Crippen LogP contribution in [0.15, 0.2) is 30.3 Å². The molecule has 0 saturated carbocycles. The monoisotopic (exact) mass is 326 g/mol. The molecule has 0 heterocycles. The molecule has 0 bridgehead atoms. The van der Waals surface area contributed by atoms with Gasteiger partial charge in [0.25, 0.3) is 0 Å². The topological polar surface area (TPSA) is 66.5 Å². The van der Waals surface area contributed by atoms with Crippen LogP contribution in [0.3, 0.4) is 0 Å². The van der Waals surface area contributed by atoms with Gasteiger partial charge < -0.3 is 5.32 Å². The van der Waals surface area contributed by atoms with E-state index in [2.05, 4.69) is 5.32 Å². The van der Waals surface area contributed by atoms with Gasteiger partial charge in [-0.3, -0.25) is 9.69 Å². The molecule has 0 aromatic heterocycles. The van der Waals surface area contributed by atoms with E-state index < -0.39 is 9.84 Å². The summed E-state index contributed by atoms with van der Waals surface area (Å²) in [4.78, 5) is 14.3. The first-order chi connectivity index (χ1) is 10.3. The Hall–Kier alpha value is -1.40. The van der Waals surface area contributed by atoms with E-state index in [4.69, 9.17) is 0 Å². The van der Waals surface area contributed by atoms with E-state index in [0.29, 0.717) is 13.0 Å². The molecule has 6 heteroatoms. The van der Waals surface area contributed by atoms with Crippen molar-refractivity contribution in [1.29, 1.82) is 0 Å². The van der Waals surface area contributed by atoms with E-state index in [0.717, 1.165) is 18.7 Å². The first-order valence-corrected chi connectivity index (χ1v) is 9.67. The predicted molar refractivity (Wildman–Crippen MR) is 90.7 cm³/mol. The maximum absolute atomic E-state index is 12.3. The fourth-order valence-electron chi connectivity index (χ4n) is 2.25. The lowest BCUT2D eigenvalue weighted by atomic mass is 10.2. The van der Waals surface area contributed by atoms with Gasteiger partial charge >= 0.3 is 0 Å². The van der Waals surface area contributed by atoms with Gasteiger partial charge in [0.2, 0.25) is 5.91 Å². The van der Waals surface area contributed by atoms with Crippen LogP contribution in [0, 0.1) is 0 Å². The molecule has 0 fully saturated rings. The zero-order chi connectivity index (χ0) is 16.6. The summed E-state index contributed by atoms with van der Waals surface area (Å²) in [5.74, 6) is 0.0826. The summed E-state index contributed by atoms with van der Waals surface area (Å²) in [6, 6.07) is 9.04. The third-order valence-corrected chi connectivity index (χ3v) is 4.47. The zero-order valence-electron chi connectivity index (χ0n) is 13.6. The average Bonchev–Trinajstić information content (AvgIpc) is 2.45. The number of nitrogens with one attached hydrogen (secondary N) is 1. The second kappa shape index (κ2) is 8.90. The SMILES string of the molecule is CCCN(CCCS(C)(=O)=O)C(C)C(=O)Nc1ccccc1. The molecule has 0 saturated heterocycles. The van der Waals surface area contributed by atoms with E-state index >= 15 is 0 Å². The fourth-order valence-corrected chi connectivity index (χ4v) is 2.90. The van der Waals surface area contributed by atoms with Crippen molar-refractivity contribution >= 4 is 21.4 Å². The highest BCUT2D eigenvalue weighted by atomic mass is 32.2. The minimum Gasteiger partial charge on any atom is -0.325 e. The standard InChI is InChI=1S/C16H26N2O3S/c1-4-11-18(12-8-13-22(3,20)21)14(2)16(19)17-15-9-6-5-7-10-15/h5-7,9-10,14H,4,8,11-13H2,1-3H3,(H,17,19). The normalized spacial score (nSPS) is 13.1. The molecule has 5 nitrogen and oxygen atoms in total. The Morgan fingerprint density at radius 2 is 1.86 bits per heavy atom. The van der Waals surface area contributed by atoms with Gasteiger partial charge in [0.05, 0.1) is 11.8 Å². The molecule has 0 aliphatic carbocycles. The average molecular weight is 326 g/mol. The highest BCUT2D eigenvalue weighted by Gasteiger charge is 2.20. The van der Waals surface area contributed by atoms with Crippen LogP contribution in [-0.4, -0.2) is 50.4 Å². The molecule has 1 unspecified atom stereocenters. The van der Waals surface area contributed by atoms with Crippen LogP contribution in [0.5, 0.6) is 0 Å². The van der Waals surface area contributed by atoms with Gasteiger partial charge in [-0.25, -0.2) is 8.42 Å². The molecular weight excluding hydrogens is 300 g/mol. The summed E-state index contributed by atoms with van der Waals surface area (Å²) in [5, 5.41) is 2.89. The first kappa shape index (κ1) is 18.6. The lowest BCUT2D eigenvalue weighted by Gasteiger charge is -2.27. The lowest BCUT2D eigenvalue weighted by Crippen LogP contribution is -2.43. The van der Waals surface area contributed by atoms with E-state index in [1.165, 1.54) is 6.26 Å². The number of hydrogen-bond donors (Lipinski definition) is 1. The van der Waals surface area contributed by atoms with Crippen molar-refractivity contribution in [2.75, 3.05) is 30.4 Å². The summed E-state index contributed by atoms with van der Waals surface area (Å²) in [5.41, 5.74) is 0.770. The molecule has 0 aliphatic rings. The first-order valence-electron chi connectivity index (χ1n) is 7.61. The number of rotatable bonds is 9. The van der Waals surface area contributed by atoms with Crippen LogP contribution in [0.25, 0.3) is 0 Å². The number of amides is 1. The highest BCUT2D eigenvalue weighted by molar-refractivity contribution is 7.90. The molecule has 1 N–H and O–H groups in total. The Kier molecular flexibility index (Phi) is 7.55. The summed E-state index contributed by atoms with van der Waals surface area (Å²) < 4.78 is 22.4. The Balaban J connectivity index is 2.59. The van der Waals surface area contributed by atoms with Gasteiger partial charge in [-0.2, -0.15) is 0 Å². The van der Waals surface area contributed by atoms with Crippen molar-refractivity contribution in [1.82, 2.24) is 4.90 Å². The molecule has 0 aliphatic heterocycles. The van der Waals surface area contributed by atoms with E-state index in [9.17, 15) is 13.2 Å². The van der Waals surface area contributed by atoms with Gasteiger partial charge in [0, 0.05) is 11.9 Å². The number of nitrogens with zero attached hydrogens (tertiary/aromatic N) is 1. The molecule has 1 rings (SSSR count). The Morgan fingerprint density at radius 1 is 1.23 bits per heavy atom. The molecule has 22 heavy (non-hydrogen) atoms. The number of anilines is 1. The largest absolute Gasteiger partial charge is 0.325 e. The van der Waals surface area contributed by atoms with Crippen molar-refractivity contribution in [2.24, 2.45) is 0 Å². The van der Waals surface area contributed by atoms with Gasteiger partial charge in [0.15, 0.2) is 0 Å². The summed E-state index contributed by atoms with van der Waals surface area (Å²) in [6.45, 7) is 5.27.